The van der Waals surface area contributed by atoms with Crippen LogP contribution in [0.2, 0.25) is 0 Å². The molecular weight excluding hydrogens is 336 g/mol. The Balaban J connectivity index is 1.83. The van der Waals surface area contributed by atoms with Gasteiger partial charge in [-0.1, -0.05) is 18.2 Å². The van der Waals surface area contributed by atoms with Crippen LogP contribution >= 0.6 is 0 Å². The van der Waals surface area contributed by atoms with Crippen LogP contribution in [0, 0.1) is 10.1 Å². The van der Waals surface area contributed by atoms with E-state index in [-0.39, 0.29) is 23.4 Å². The van der Waals surface area contributed by atoms with E-state index in [0.29, 0.717) is 17.7 Å². The average molecular weight is 354 g/mol. The zero-order valence-electron chi connectivity index (χ0n) is 14.1. The molecule has 2 aliphatic rings. The van der Waals surface area contributed by atoms with Crippen LogP contribution in [0.1, 0.15) is 40.1 Å². The Hall–Kier alpha value is -3.13. The summed E-state index contributed by atoms with van der Waals surface area (Å²) in [7, 11) is 1.39. The molecule has 0 aliphatic carbocycles. The molecule has 2 aromatic carbocycles. The maximum Gasteiger partial charge on any atom is 0.311 e. The molecule has 26 heavy (non-hydrogen) atoms. The molecule has 2 aromatic rings. The summed E-state index contributed by atoms with van der Waals surface area (Å²) in [4.78, 5) is 25.5. The molecular formula is C18H18N4O4. The van der Waals surface area contributed by atoms with Crippen LogP contribution in [-0.4, -0.2) is 24.5 Å². The summed E-state index contributed by atoms with van der Waals surface area (Å²) in [5.74, 6) is -0.0293. The van der Waals surface area contributed by atoms with Crippen LogP contribution in [0.15, 0.2) is 36.4 Å². The number of nitro benzene ring substituents is 1. The van der Waals surface area contributed by atoms with Crippen LogP contribution in [0.25, 0.3) is 0 Å². The van der Waals surface area contributed by atoms with Crippen LogP contribution in [0.4, 0.5) is 11.4 Å². The molecule has 134 valence electrons. The van der Waals surface area contributed by atoms with Gasteiger partial charge in [0.15, 0.2) is 5.75 Å². The highest BCUT2D eigenvalue weighted by atomic mass is 16.6. The molecule has 8 nitrogen and oxygen atoms in total. The topological polar surface area (TPSA) is 111 Å². The zero-order valence-corrected chi connectivity index (χ0v) is 14.1. The van der Waals surface area contributed by atoms with Crippen molar-refractivity contribution in [3.8, 4) is 5.75 Å². The lowest BCUT2D eigenvalue weighted by molar-refractivity contribution is -0.385. The summed E-state index contributed by atoms with van der Waals surface area (Å²) in [5.41, 5.74) is 9.04. The van der Waals surface area contributed by atoms with Gasteiger partial charge in [-0.25, -0.2) is 0 Å². The van der Waals surface area contributed by atoms with E-state index in [2.05, 4.69) is 10.2 Å². The van der Waals surface area contributed by atoms with E-state index in [9.17, 15) is 14.9 Å². The minimum atomic E-state index is -0.492. The van der Waals surface area contributed by atoms with E-state index in [1.54, 1.807) is 18.2 Å². The number of hydrogen-bond acceptors (Lipinski definition) is 6. The van der Waals surface area contributed by atoms with Gasteiger partial charge in [-0.3, -0.25) is 14.9 Å². The van der Waals surface area contributed by atoms with Crippen molar-refractivity contribution in [2.45, 2.75) is 18.6 Å². The van der Waals surface area contributed by atoms with Crippen molar-refractivity contribution in [2.75, 3.05) is 18.6 Å². The molecule has 8 heteroatoms. The number of ether oxygens (including phenoxy) is 1. The van der Waals surface area contributed by atoms with Crippen molar-refractivity contribution in [1.82, 2.24) is 5.32 Å². The summed E-state index contributed by atoms with van der Waals surface area (Å²) in [6, 6.07) is 10.1. The lowest BCUT2D eigenvalue weighted by atomic mass is 9.90. The third-order valence-electron chi connectivity index (χ3n) is 4.97. The quantitative estimate of drug-likeness (QED) is 0.646. The normalized spacial score (nSPS) is 21.0. The highest BCUT2D eigenvalue weighted by Gasteiger charge is 2.37. The molecule has 0 fully saturated rings. The Kier molecular flexibility index (Phi) is 3.77. The number of methoxy groups -OCH3 is 1. The van der Waals surface area contributed by atoms with Crippen molar-refractivity contribution < 1.29 is 14.5 Å². The fourth-order valence-electron chi connectivity index (χ4n) is 3.73. The molecule has 0 bridgehead atoms. The number of carbonyl (C=O) groups is 1. The minimum absolute atomic E-state index is 0.127. The number of anilines is 1. The van der Waals surface area contributed by atoms with E-state index in [1.165, 1.54) is 13.2 Å². The van der Waals surface area contributed by atoms with E-state index < -0.39 is 11.1 Å². The second-order valence-corrected chi connectivity index (χ2v) is 6.40. The molecule has 1 amide bonds. The summed E-state index contributed by atoms with van der Waals surface area (Å²) < 4.78 is 5.06. The number of nitro groups is 1. The third-order valence-corrected chi connectivity index (χ3v) is 4.97. The summed E-state index contributed by atoms with van der Waals surface area (Å²) in [5, 5.41) is 14.3. The smallest absolute Gasteiger partial charge is 0.311 e. The lowest BCUT2D eigenvalue weighted by Crippen LogP contribution is -2.49. The molecule has 0 saturated heterocycles. The van der Waals surface area contributed by atoms with Gasteiger partial charge in [0.05, 0.1) is 23.3 Å². The van der Waals surface area contributed by atoms with Crippen LogP contribution < -0.4 is 20.7 Å². The Bertz CT molecular complexity index is 914. The predicted octanol–water partition coefficient (Wildman–Crippen LogP) is 2.26. The molecule has 0 aromatic heterocycles. The first-order valence-corrected chi connectivity index (χ1v) is 8.29. The van der Waals surface area contributed by atoms with Gasteiger partial charge in [-0.15, -0.1) is 0 Å². The van der Waals surface area contributed by atoms with Crippen molar-refractivity contribution in [2.24, 2.45) is 5.73 Å². The Labute approximate surface area is 149 Å². The largest absolute Gasteiger partial charge is 0.490 e. The SMILES string of the molecule is COc1ccc([C@@H]2NC(=O)c3cccc4c3N2CC[C@H]4N)cc1[N+](=O)[O-]. The van der Waals surface area contributed by atoms with Gasteiger partial charge >= 0.3 is 5.69 Å². The monoisotopic (exact) mass is 354 g/mol. The van der Waals surface area contributed by atoms with Crippen molar-refractivity contribution in [3.05, 3.63) is 63.2 Å². The van der Waals surface area contributed by atoms with Crippen molar-refractivity contribution in [1.29, 1.82) is 0 Å². The lowest BCUT2D eigenvalue weighted by Gasteiger charge is -2.44. The molecule has 0 saturated carbocycles. The number of nitrogens with zero attached hydrogens (tertiary/aromatic N) is 2. The van der Waals surface area contributed by atoms with Gasteiger partial charge in [0, 0.05) is 24.2 Å². The molecule has 2 heterocycles. The summed E-state index contributed by atoms with van der Waals surface area (Å²) >= 11 is 0. The van der Waals surface area contributed by atoms with Crippen LogP contribution in [0.3, 0.4) is 0 Å². The van der Waals surface area contributed by atoms with Gasteiger partial charge in [-0.05, 0) is 24.1 Å². The highest BCUT2D eigenvalue weighted by molar-refractivity contribution is 6.03. The van der Waals surface area contributed by atoms with Crippen molar-refractivity contribution >= 4 is 17.3 Å². The second kappa shape index (κ2) is 5.99. The number of para-hydroxylation sites is 1. The third kappa shape index (κ3) is 2.38. The molecule has 0 unspecified atom stereocenters. The Morgan fingerprint density at radius 3 is 2.88 bits per heavy atom. The number of amides is 1. The van der Waals surface area contributed by atoms with E-state index >= 15 is 0 Å². The summed E-state index contributed by atoms with van der Waals surface area (Å²) in [6.07, 6.45) is 0.245. The first kappa shape index (κ1) is 16.3. The van der Waals surface area contributed by atoms with Crippen molar-refractivity contribution in [3.63, 3.8) is 0 Å². The molecule has 2 atom stereocenters. The average Bonchev–Trinajstić information content (AvgIpc) is 2.65. The Morgan fingerprint density at radius 2 is 2.15 bits per heavy atom. The fourth-order valence-corrected chi connectivity index (χ4v) is 3.73. The number of nitrogens with one attached hydrogen (secondary N) is 1. The standard InChI is InChI=1S/C18H18N4O4/c1-26-15-6-5-10(9-14(15)22(24)25)17-20-18(23)12-4-2-3-11-13(19)7-8-21(17)16(11)12/h2-6,9,13,17H,7-8,19H2,1H3,(H,20,23)/t13-,17-/m1/s1. The van der Waals surface area contributed by atoms with Crippen LogP contribution in [0.5, 0.6) is 5.75 Å². The molecule has 0 spiro atoms. The maximum absolute atomic E-state index is 12.6. The van der Waals surface area contributed by atoms with E-state index in [4.69, 9.17) is 10.5 Å². The number of rotatable bonds is 3. The first-order valence-electron chi connectivity index (χ1n) is 8.29. The highest BCUT2D eigenvalue weighted by Crippen LogP contribution is 2.43. The van der Waals surface area contributed by atoms with E-state index in [1.807, 2.05) is 12.1 Å². The van der Waals surface area contributed by atoms with Gasteiger partial charge in [-0.2, -0.15) is 0 Å². The fraction of sp³-hybridized carbons (Fsp3) is 0.278. The molecule has 2 aliphatic heterocycles. The molecule has 0 radical (unpaired) electrons. The zero-order chi connectivity index (χ0) is 18.4. The second-order valence-electron chi connectivity index (χ2n) is 6.40. The van der Waals surface area contributed by atoms with Gasteiger partial charge < -0.3 is 20.7 Å². The number of carbonyl (C=O) groups excluding carboxylic acids is 1. The van der Waals surface area contributed by atoms with Crippen LogP contribution in [-0.2, 0) is 0 Å². The molecule has 3 N–H and O–H groups in total. The van der Waals surface area contributed by atoms with Gasteiger partial charge in [0.1, 0.15) is 6.17 Å². The minimum Gasteiger partial charge on any atom is -0.490 e. The number of nitrogens with two attached hydrogens (primary N) is 1. The number of benzene rings is 2. The first-order chi connectivity index (χ1) is 12.5. The van der Waals surface area contributed by atoms with Gasteiger partial charge in [0.2, 0.25) is 0 Å². The molecule has 4 rings (SSSR count). The maximum atomic E-state index is 12.6. The number of hydrogen-bond donors (Lipinski definition) is 2. The predicted molar refractivity (Wildman–Crippen MR) is 95.2 cm³/mol. The summed E-state index contributed by atoms with van der Waals surface area (Å²) in [6.45, 7) is 0.649. The Morgan fingerprint density at radius 1 is 1.35 bits per heavy atom. The van der Waals surface area contributed by atoms with Gasteiger partial charge in [0.25, 0.3) is 5.91 Å². The van der Waals surface area contributed by atoms with E-state index in [0.717, 1.165) is 17.7 Å².